The van der Waals surface area contributed by atoms with Crippen LogP contribution in [0.4, 0.5) is 0 Å². The molecule has 4 rings (SSSR count). The Hall–Kier alpha value is -2.90. The number of rotatable bonds is 9. The number of para-hydroxylation sites is 1. The van der Waals surface area contributed by atoms with Gasteiger partial charge in [-0.3, -0.25) is 4.79 Å². The normalized spacial score (nSPS) is 13.9. The summed E-state index contributed by atoms with van der Waals surface area (Å²) in [6, 6.07) is 25.5. The zero-order chi connectivity index (χ0) is 22.0. The van der Waals surface area contributed by atoms with Gasteiger partial charge in [-0.2, -0.15) is 5.10 Å². The molecule has 1 amide bonds. The fourth-order valence-corrected chi connectivity index (χ4v) is 5.94. The highest BCUT2D eigenvalue weighted by molar-refractivity contribution is 8.19. The molecule has 0 saturated carbocycles. The number of hydrazone groups is 1. The lowest BCUT2D eigenvalue weighted by atomic mass is 10.2. The quantitative estimate of drug-likeness (QED) is 0.345. The van der Waals surface area contributed by atoms with Gasteiger partial charge in [-0.25, -0.2) is 5.43 Å². The molecule has 0 aliphatic carbocycles. The number of thioether (sulfide) groups is 2. The van der Waals surface area contributed by atoms with Crippen molar-refractivity contribution >= 4 is 35.6 Å². The van der Waals surface area contributed by atoms with E-state index in [9.17, 15) is 4.79 Å². The maximum absolute atomic E-state index is 12.1. The molecule has 32 heavy (non-hydrogen) atoms. The van der Waals surface area contributed by atoms with E-state index < -0.39 is 0 Å². The van der Waals surface area contributed by atoms with Crippen LogP contribution in [-0.4, -0.2) is 30.2 Å². The number of nitrogens with one attached hydrogen (secondary N) is 1. The van der Waals surface area contributed by atoms with Crippen LogP contribution in [0.2, 0.25) is 0 Å². The van der Waals surface area contributed by atoms with E-state index in [0.29, 0.717) is 22.7 Å². The molecular formula is C25H24N2O3S2. The lowest BCUT2D eigenvalue weighted by Crippen LogP contribution is -2.24. The van der Waals surface area contributed by atoms with Crippen LogP contribution in [0.15, 0.2) is 84.0 Å². The molecule has 5 nitrogen and oxygen atoms in total. The summed E-state index contributed by atoms with van der Waals surface area (Å²) < 4.78 is 12.0. The predicted molar refractivity (Wildman–Crippen MR) is 133 cm³/mol. The van der Waals surface area contributed by atoms with Crippen molar-refractivity contribution in [2.75, 3.05) is 18.1 Å². The lowest BCUT2D eigenvalue weighted by molar-refractivity contribution is -0.123. The van der Waals surface area contributed by atoms with Gasteiger partial charge in [0.25, 0.3) is 5.91 Å². The summed E-state index contributed by atoms with van der Waals surface area (Å²) in [5.74, 6) is 3.43. The molecule has 0 bridgehead atoms. The minimum Gasteiger partial charge on any atom is -0.488 e. The number of ether oxygens (including phenoxy) is 2. The van der Waals surface area contributed by atoms with Gasteiger partial charge >= 0.3 is 0 Å². The number of amides is 1. The van der Waals surface area contributed by atoms with E-state index >= 15 is 0 Å². The summed E-state index contributed by atoms with van der Waals surface area (Å²) in [7, 11) is 0. The Balaban J connectivity index is 1.24. The maximum Gasteiger partial charge on any atom is 0.277 e. The minimum atomic E-state index is -0.324. The zero-order valence-electron chi connectivity index (χ0n) is 17.5. The number of hydrogen-bond acceptors (Lipinski definition) is 6. The molecule has 0 unspecified atom stereocenters. The van der Waals surface area contributed by atoms with E-state index in [2.05, 4.69) is 22.7 Å². The molecule has 1 aliphatic rings. The number of carbonyl (C=O) groups is 1. The Morgan fingerprint density at radius 1 is 0.938 bits per heavy atom. The highest BCUT2D eigenvalue weighted by Crippen LogP contribution is 2.45. The predicted octanol–water partition coefficient (Wildman–Crippen LogP) is 5.27. The van der Waals surface area contributed by atoms with Gasteiger partial charge in [-0.15, -0.1) is 23.5 Å². The van der Waals surface area contributed by atoms with Gasteiger partial charge < -0.3 is 9.47 Å². The van der Waals surface area contributed by atoms with E-state index in [1.165, 1.54) is 17.1 Å². The largest absolute Gasteiger partial charge is 0.488 e. The van der Waals surface area contributed by atoms with Crippen molar-refractivity contribution in [2.24, 2.45) is 5.10 Å². The second-order valence-electron chi connectivity index (χ2n) is 7.04. The summed E-state index contributed by atoms with van der Waals surface area (Å²) in [6.45, 7) is 0.360. The van der Waals surface area contributed by atoms with Gasteiger partial charge in [0.05, 0.1) is 10.8 Å². The van der Waals surface area contributed by atoms with Crippen LogP contribution in [0.3, 0.4) is 0 Å². The topological polar surface area (TPSA) is 59.9 Å². The zero-order valence-corrected chi connectivity index (χ0v) is 19.1. The van der Waals surface area contributed by atoms with E-state index in [0.717, 1.165) is 11.1 Å². The third kappa shape index (κ3) is 6.55. The van der Waals surface area contributed by atoms with Gasteiger partial charge in [0.15, 0.2) is 6.61 Å². The summed E-state index contributed by atoms with van der Waals surface area (Å²) in [5.41, 5.74) is 5.65. The molecule has 164 valence electrons. The molecule has 3 aromatic rings. The summed E-state index contributed by atoms with van der Waals surface area (Å²) >= 11 is 3.93. The van der Waals surface area contributed by atoms with Crippen LogP contribution in [0.25, 0.3) is 0 Å². The van der Waals surface area contributed by atoms with Crippen molar-refractivity contribution in [3.05, 3.63) is 95.6 Å². The first-order valence-corrected chi connectivity index (χ1v) is 12.4. The number of benzene rings is 3. The van der Waals surface area contributed by atoms with Crippen molar-refractivity contribution in [1.29, 1.82) is 0 Å². The van der Waals surface area contributed by atoms with Crippen molar-refractivity contribution in [1.82, 2.24) is 5.43 Å². The number of carbonyl (C=O) groups excluding carboxylic acids is 1. The monoisotopic (exact) mass is 464 g/mol. The molecule has 0 atom stereocenters. The number of nitrogens with zero attached hydrogens (tertiary/aromatic N) is 1. The fourth-order valence-electron chi connectivity index (χ4n) is 3.08. The number of hydrogen-bond donors (Lipinski definition) is 1. The van der Waals surface area contributed by atoms with Gasteiger partial charge in [0.2, 0.25) is 0 Å². The average Bonchev–Trinajstić information content (AvgIpc) is 3.38. The Bertz CT molecular complexity index is 1040. The van der Waals surface area contributed by atoms with E-state index in [-0.39, 0.29) is 12.5 Å². The van der Waals surface area contributed by atoms with Crippen LogP contribution < -0.4 is 14.9 Å². The first-order valence-electron chi connectivity index (χ1n) is 10.3. The smallest absolute Gasteiger partial charge is 0.277 e. The molecule has 3 aromatic carbocycles. The van der Waals surface area contributed by atoms with E-state index in [1.54, 1.807) is 6.21 Å². The maximum atomic E-state index is 12.1. The third-order valence-electron chi connectivity index (χ3n) is 4.69. The second-order valence-corrected chi connectivity index (χ2v) is 9.76. The van der Waals surface area contributed by atoms with Gasteiger partial charge in [0.1, 0.15) is 18.1 Å². The molecule has 1 N–H and O–H groups in total. The molecule has 1 heterocycles. The first kappa shape index (κ1) is 22.3. The Labute approximate surface area is 196 Å². The fraction of sp³-hybridized carbons (Fsp3) is 0.200. The van der Waals surface area contributed by atoms with Crippen LogP contribution in [0.1, 0.15) is 21.3 Å². The third-order valence-corrected chi connectivity index (χ3v) is 7.80. The van der Waals surface area contributed by atoms with E-state index in [1.807, 2.05) is 90.3 Å². The molecule has 0 spiro atoms. The van der Waals surface area contributed by atoms with Crippen molar-refractivity contribution in [2.45, 2.75) is 11.2 Å². The molecule has 1 fully saturated rings. The summed E-state index contributed by atoms with van der Waals surface area (Å²) in [6.07, 6.45) is 1.57. The van der Waals surface area contributed by atoms with Crippen molar-refractivity contribution in [3.8, 4) is 11.5 Å². The van der Waals surface area contributed by atoms with Crippen LogP contribution in [0, 0.1) is 0 Å². The minimum absolute atomic E-state index is 0.101. The Kier molecular flexibility index (Phi) is 8.11. The molecular weight excluding hydrogens is 440 g/mol. The highest BCUT2D eigenvalue weighted by atomic mass is 32.2. The standard InChI is InChI=1S/C25H24N2O3S2/c28-24(18-29-22-12-10-20(11-13-22)25-31-14-15-32-25)27-26-16-21-8-4-5-9-23(21)30-17-19-6-2-1-3-7-19/h1-13,16,25H,14-15,17-18H2,(H,27,28)/b26-16-. The second kappa shape index (κ2) is 11.6. The van der Waals surface area contributed by atoms with Crippen LogP contribution >= 0.6 is 23.5 Å². The van der Waals surface area contributed by atoms with Crippen LogP contribution in [0.5, 0.6) is 11.5 Å². The Morgan fingerprint density at radius 3 is 2.44 bits per heavy atom. The molecule has 1 saturated heterocycles. The average molecular weight is 465 g/mol. The highest BCUT2D eigenvalue weighted by Gasteiger charge is 2.18. The van der Waals surface area contributed by atoms with Crippen molar-refractivity contribution < 1.29 is 14.3 Å². The molecule has 1 aliphatic heterocycles. The van der Waals surface area contributed by atoms with Gasteiger partial charge in [0, 0.05) is 17.1 Å². The molecule has 7 heteroatoms. The molecule has 0 aromatic heterocycles. The van der Waals surface area contributed by atoms with Crippen LogP contribution in [-0.2, 0) is 11.4 Å². The van der Waals surface area contributed by atoms with Crippen molar-refractivity contribution in [3.63, 3.8) is 0 Å². The first-order chi connectivity index (χ1) is 15.8. The lowest BCUT2D eigenvalue weighted by Gasteiger charge is -2.10. The SMILES string of the molecule is O=C(COc1ccc(C2SCCS2)cc1)N/N=C\c1ccccc1OCc1ccccc1. The van der Waals surface area contributed by atoms with Gasteiger partial charge in [-0.1, -0.05) is 54.6 Å². The van der Waals surface area contributed by atoms with Gasteiger partial charge in [-0.05, 0) is 35.4 Å². The molecule has 0 radical (unpaired) electrons. The summed E-state index contributed by atoms with van der Waals surface area (Å²) in [4.78, 5) is 12.1. The Morgan fingerprint density at radius 2 is 1.66 bits per heavy atom. The summed E-state index contributed by atoms with van der Waals surface area (Å²) in [5, 5.41) is 4.05. The van der Waals surface area contributed by atoms with E-state index in [4.69, 9.17) is 9.47 Å².